The van der Waals surface area contributed by atoms with E-state index < -0.39 is 17.8 Å². The first-order valence-corrected chi connectivity index (χ1v) is 9.20. The van der Waals surface area contributed by atoms with E-state index >= 15 is 0 Å². The lowest BCUT2D eigenvalue weighted by Crippen LogP contribution is -2.23. The smallest absolute Gasteiger partial charge is 0.341 e. The summed E-state index contributed by atoms with van der Waals surface area (Å²) >= 11 is 1.39. The van der Waals surface area contributed by atoms with Crippen LogP contribution in [0, 0.1) is 0 Å². The minimum atomic E-state index is -0.467. The van der Waals surface area contributed by atoms with E-state index in [4.69, 9.17) is 14.2 Å². The fourth-order valence-electron chi connectivity index (χ4n) is 3.17. The molecule has 1 saturated heterocycles. The lowest BCUT2D eigenvalue weighted by atomic mass is 10.1. The molecule has 1 aromatic heterocycles. The number of aryl methyl sites for hydroxylation is 1. The number of thiophene rings is 1. The highest BCUT2D eigenvalue weighted by Crippen LogP contribution is 2.39. The second-order valence-corrected chi connectivity index (χ2v) is 7.21. The maximum atomic E-state index is 12.1. The van der Waals surface area contributed by atoms with E-state index in [1.54, 1.807) is 0 Å². The lowest BCUT2D eigenvalue weighted by Gasteiger charge is -2.10. The number of anilines is 1. The predicted molar refractivity (Wildman–Crippen MR) is 90.9 cm³/mol. The summed E-state index contributed by atoms with van der Waals surface area (Å²) in [6, 6.07) is 0. The molecule has 0 unspecified atom stereocenters. The van der Waals surface area contributed by atoms with Crippen molar-refractivity contribution in [2.45, 2.75) is 44.6 Å². The molecule has 8 heteroatoms. The van der Waals surface area contributed by atoms with Gasteiger partial charge >= 0.3 is 11.9 Å². The molecule has 1 amide bonds. The van der Waals surface area contributed by atoms with Crippen LogP contribution in [-0.4, -0.2) is 44.3 Å². The Hall–Kier alpha value is -1.93. The summed E-state index contributed by atoms with van der Waals surface area (Å²) in [4.78, 5) is 36.9. The largest absolute Gasteiger partial charge is 0.465 e. The van der Waals surface area contributed by atoms with Crippen molar-refractivity contribution in [2.75, 3.05) is 25.6 Å². The van der Waals surface area contributed by atoms with Crippen LogP contribution in [0.5, 0.6) is 0 Å². The number of fused-ring (bicyclic) bond motifs is 1. The van der Waals surface area contributed by atoms with Crippen LogP contribution < -0.4 is 5.32 Å². The Bertz CT molecular complexity index is 677. The highest BCUT2D eigenvalue weighted by atomic mass is 32.1. The zero-order valence-corrected chi connectivity index (χ0v) is 14.9. The molecule has 7 nitrogen and oxygen atoms in total. The van der Waals surface area contributed by atoms with Gasteiger partial charge in [-0.2, -0.15) is 0 Å². The van der Waals surface area contributed by atoms with Crippen LogP contribution in [0.1, 0.15) is 46.5 Å². The summed E-state index contributed by atoms with van der Waals surface area (Å²) in [6.07, 6.45) is 4.54. The number of ether oxygens (including phenoxy) is 3. The van der Waals surface area contributed by atoms with Crippen molar-refractivity contribution < 1.29 is 28.6 Å². The number of rotatable bonds is 6. The van der Waals surface area contributed by atoms with Crippen molar-refractivity contribution in [3.05, 3.63) is 16.0 Å². The third-order valence-electron chi connectivity index (χ3n) is 4.35. The molecule has 1 atom stereocenters. The summed E-state index contributed by atoms with van der Waals surface area (Å²) in [5.74, 6) is -1.38. The number of hydrogen-bond acceptors (Lipinski definition) is 7. The molecule has 1 aliphatic carbocycles. The summed E-state index contributed by atoms with van der Waals surface area (Å²) in [5, 5.41) is 3.14. The van der Waals surface area contributed by atoms with E-state index in [9.17, 15) is 14.4 Å². The number of amides is 1. The molecule has 2 aliphatic rings. The van der Waals surface area contributed by atoms with Crippen LogP contribution >= 0.6 is 11.3 Å². The first kappa shape index (κ1) is 17.9. The van der Waals surface area contributed by atoms with Crippen LogP contribution in [0.4, 0.5) is 5.00 Å². The van der Waals surface area contributed by atoms with E-state index in [1.165, 1.54) is 18.4 Å². The van der Waals surface area contributed by atoms with Gasteiger partial charge in [0.25, 0.3) is 5.91 Å². The van der Waals surface area contributed by atoms with Crippen LogP contribution in [0.3, 0.4) is 0 Å². The van der Waals surface area contributed by atoms with Gasteiger partial charge in [-0.3, -0.25) is 9.59 Å². The second-order valence-electron chi connectivity index (χ2n) is 6.10. The molecule has 2 heterocycles. The fraction of sp³-hybridized carbons (Fsp3) is 0.588. The van der Waals surface area contributed by atoms with E-state index in [2.05, 4.69) is 5.32 Å². The van der Waals surface area contributed by atoms with Gasteiger partial charge in [0.15, 0.2) is 6.61 Å². The molecule has 0 aromatic carbocycles. The molecule has 3 rings (SSSR count). The van der Waals surface area contributed by atoms with Gasteiger partial charge in [-0.05, 0) is 37.7 Å². The van der Waals surface area contributed by atoms with Crippen LogP contribution in [0.15, 0.2) is 0 Å². The highest BCUT2D eigenvalue weighted by Gasteiger charge is 2.28. The van der Waals surface area contributed by atoms with E-state index in [0.717, 1.165) is 42.5 Å². The summed E-state index contributed by atoms with van der Waals surface area (Å²) in [6.45, 7) is 0.284. The van der Waals surface area contributed by atoms with Gasteiger partial charge in [-0.15, -0.1) is 11.3 Å². The molecule has 0 bridgehead atoms. The van der Waals surface area contributed by atoms with Crippen molar-refractivity contribution in [1.82, 2.24) is 0 Å². The summed E-state index contributed by atoms with van der Waals surface area (Å²) < 4.78 is 15.2. The molecule has 25 heavy (non-hydrogen) atoms. The molecular weight excluding hydrogens is 346 g/mol. The van der Waals surface area contributed by atoms with Crippen LogP contribution in [0.2, 0.25) is 0 Å². The topological polar surface area (TPSA) is 90.9 Å². The van der Waals surface area contributed by atoms with Crippen LogP contribution in [-0.2, 0) is 36.6 Å². The van der Waals surface area contributed by atoms with Gasteiger partial charge < -0.3 is 19.5 Å². The van der Waals surface area contributed by atoms with Gasteiger partial charge in [0.1, 0.15) is 5.00 Å². The Balaban J connectivity index is 1.56. The maximum absolute atomic E-state index is 12.1. The standard InChI is InChI=1S/C17H21NO6S/c1-22-17(21)15-11-5-2-6-12(11)25-16(15)18-13(19)9-24-14(20)8-10-4-3-7-23-10/h10H,2-9H2,1H3,(H,18,19)/t10-/m0/s1. The Morgan fingerprint density at radius 3 is 2.84 bits per heavy atom. The Labute approximate surface area is 149 Å². The minimum absolute atomic E-state index is 0.109. The minimum Gasteiger partial charge on any atom is -0.465 e. The maximum Gasteiger partial charge on any atom is 0.341 e. The average molecular weight is 367 g/mol. The molecule has 0 radical (unpaired) electrons. The van der Waals surface area contributed by atoms with E-state index in [1.807, 2.05) is 0 Å². The molecule has 1 aromatic rings. The van der Waals surface area contributed by atoms with Gasteiger partial charge in [0.2, 0.25) is 0 Å². The monoisotopic (exact) mass is 367 g/mol. The number of hydrogen-bond donors (Lipinski definition) is 1. The zero-order valence-electron chi connectivity index (χ0n) is 14.1. The predicted octanol–water partition coefficient (Wildman–Crippen LogP) is 2.07. The van der Waals surface area contributed by atoms with Crippen molar-refractivity contribution in [1.29, 1.82) is 0 Å². The Kier molecular flexibility index (Phi) is 5.70. The van der Waals surface area contributed by atoms with Gasteiger partial charge in [-0.25, -0.2) is 4.79 Å². The van der Waals surface area contributed by atoms with Gasteiger partial charge in [0.05, 0.1) is 25.2 Å². The molecule has 1 N–H and O–H groups in total. The zero-order chi connectivity index (χ0) is 17.8. The van der Waals surface area contributed by atoms with E-state index in [-0.39, 0.29) is 19.1 Å². The Morgan fingerprint density at radius 2 is 2.12 bits per heavy atom. The summed E-state index contributed by atoms with van der Waals surface area (Å²) in [7, 11) is 1.32. The first-order chi connectivity index (χ1) is 12.1. The molecule has 136 valence electrons. The normalized spacial score (nSPS) is 18.7. The molecular formula is C17H21NO6S. The number of carbonyl (C=O) groups excluding carboxylic acids is 3. The third kappa shape index (κ3) is 4.19. The number of methoxy groups -OCH3 is 1. The number of carbonyl (C=O) groups is 3. The summed E-state index contributed by atoms with van der Waals surface area (Å²) in [5.41, 5.74) is 1.39. The van der Waals surface area contributed by atoms with E-state index in [0.29, 0.717) is 17.2 Å². The van der Waals surface area contributed by atoms with Crippen molar-refractivity contribution in [3.63, 3.8) is 0 Å². The number of esters is 2. The van der Waals surface area contributed by atoms with Gasteiger partial charge in [0, 0.05) is 11.5 Å². The van der Waals surface area contributed by atoms with Crippen molar-refractivity contribution in [3.8, 4) is 0 Å². The molecule has 0 spiro atoms. The van der Waals surface area contributed by atoms with Crippen molar-refractivity contribution in [2.24, 2.45) is 0 Å². The van der Waals surface area contributed by atoms with Crippen LogP contribution in [0.25, 0.3) is 0 Å². The van der Waals surface area contributed by atoms with Crippen molar-refractivity contribution >= 4 is 34.2 Å². The molecule has 1 aliphatic heterocycles. The molecule has 0 saturated carbocycles. The quantitative estimate of drug-likeness (QED) is 0.774. The Morgan fingerprint density at radius 1 is 1.28 bits per heavy atom. The fourth-order valence-corrected chi connectivity index (χ4v) is 4.46. The van der Waals surface area contributed by atoms with Gasteiger partial charge in [-0.1, -0.05) is 0 Å². The molecule has 1 fully saturated rings. The number of nitrogens with one attached hydrogen (secondary N) is 1. The average Bonchev–Trinajstić information content (AvgIpc) is 3.30. The third-order valence-corrected chi connectivity index (χ3v) is 5.55. The first-order valence-electron chi connectivity index (χ1n) is 8.38. The SMILES string of the molecule is COC(=O)c1c(NC(=O)COC(=O)C[C@@H]2CCCO2)sc2c1CCC2. The second kappa shape index (κ2) is 7.97. The highest BCUT2D eigenvalue weighted by molar-refractivity contribution is 7.17. The lowest BCUT2D eigenvalue weighted by molar-refractivity contribution is -0.149.